The standard InChI is InChI=1S/C8H5NO2S/c10-6-3-4-11-8(6)9-7-2-1-5-12-7/h1-5H. The molecule has 2 rings (SSSR count). The highest BCUT2D eigenvalue weighted by atomic mass is 32.1. The van der Waals surface area contributed by atoms with Gasteiger partial charge in [-0.1, -0.05) is 0 Å². The van der Waals surface area contributed by atoms with Crippen LogP contribution in [0.25, 0.3) is 0 Å². The molecule has 0 bridgehead atoms. The molecule has 1 aliphatic rings. The molecule has 60 valence electrons. The van der Waals surface area contributed by atoms with E-state index in [0.29, 0.717) is 0 Å². The van der Waals surface area contributed by atoms with Crippen LogP contribution < -0.4 is 0 Å². The van der Waals surface area contributed by atoms with Crippen LogP contribution in [0, 0.1) is 0 Å². The zero-order chi connectivity index (χ0) is 8.39. The number of nitrogens with zero attached hydrogens (tertiary/aromatic N) is 1. The maximum Gasteiger partial charge on any atom is 0.268 e. The number of thiophene rings is 1. The molecule has 0 fully saturated rings. The predicted octanol–water partition coefficient (Wildman–Crippen LogP) is 1.89. The average Bonchev–Trinajstić information content (AvgIpc) is 2.65. The van der Waals surface area contributed by atoms with Gasteiger partial charge in [0.1, 0.15) is 5.00 Å². The van der Waals surface area contributed by atoms with E-state index in [1.165, 1.54) is 23.7 Å². The van der Waals surface area contributed by atoms with E-state index in [-0.39, 0.29) is 11.7 Å². The van der Waals surface area contributed by atoms with Crippen LogP contribution in [0.1, 0.15) is 0 Å². The fraction of sp³-hybridized carbons (Fsp3) is 0. The average molecular weight is 179 g/mol. The number of hydrogen-bond donors (Lipinski definition) is 0. The molecule has 1 aliphatic heterocycles. The maximum absolute atomic E-state index is 11.0. The van der Waals surface area contributed by atoms with Crippen molar-refractivity contribution in [3.63, 3.8) is 0 Å². The molecular weight excluding hydrogens is 174 g/mol. The van der Waals surface area contributed by atoms with Crippen LogP contribution in [-0.4, -0.2) is 11.7 Å². The van der Waals surface area contributed by atoms with Gasteiger partial charge in [0.05, 0.1) is 6.26 Å². The van der Waals surface area contributed by atoms with Gasteiger partial charge in [0.25, 0.3) is 5.90 Å². The lowest BCUT2D eigenvalue weighted by atomic mass is 10.4. The highest BCUT2D eigenvalue weighted by molar-refractivity contribution is 7.13. The number of ether oxygens (including phenoxy) is 1. The maximum atomic E-state index is 11.0. The van der Waals surface area contributed by atoms with Gasteiger partial charge in [-0.3, -0.25) is 4.79 Å². The van der Waals surface area contributed by atoms with Gasteiger partial charge in [0.2, 0.25) is 5.78 Å². The van der Waals surface area contributed by atoms with E-state index in [1.54, 1.807) is 0 Å². The molecule has 0 atom stereocenters. The fourth-order valence-electron chi connectivity index (χ4n) is 0.805. The van der Waals surface area contributed by atoms with Gasteiger partial charge in [0.15, 0.2) is 0 Å². The van der Waals surface area contributed by atoms with Gasteiger partial charge >= 0.3 is 0 Å². The van der Waals surface area contributed by atoms with E-state index in [0.717, 1.165) is 5.00 Å². The highest BCUT2D eigenvalue weighted by Gasteiger charge is 2.14. The highest BCUT2D eigenvalue weighted by Crippen LogP contribution is 2.20. The van der Waals surface area contributed by atoms with E-state index >= 15 is 0 Å². The Morgan fingerprint density at radius 1 is 1.50 bits per heavy atom. The molecule has 0 spiro atoms. The molecule has 0 radical (unpaired) electrons. The molecule has 0 amide bonds. The van der Waals surface area contributed by atoms with Crippen LogP contribution in [0.3, 0.4) is 0 Å². The van der Waals surface area contributed by atoms with E-state index in [1.807, 2.05) is 17.5 Å². The van der Waals surface area contributed by atoms with Crippen LogP contribution >= 0.6 is 11.3 Å². The minimum atomic E-state index is -0.177. The summed E-state index contributed by atoms with van der Waals surface area (Å²) in [5.74, 6) is -0.0270. The smallest absolute Gasteiger partial charge is 0.268 e. The largest absolute Gasteiger partial charge is 0.444 e. The summed E-state index contributed by atoms with van der Waals surface area (Å²) >= 11 is 1.46. The Hall–Kier alpha value is -1.42. The quantitative estimate of drug-likeness (QED) is 0.660. The van der Waals surface area contributed by atoms with Crippen molar-refractivity contribution in [1.29, 1.82) is 0 Å². The van der Waals surface area contributed by atoms with Crippen molar-refractivity contribution < 1.29 is 9.53 Å². The van der Waals surface area contributed by atoms with Crippen molar-refractivity contribution in [2.75, 3.05) is 0 Å². The summed E-state index contributed by atoms with van der Waals surface area (Å²) in [4.78, 5) is 15.0. The van der Waals surface area contributed by atoms with E-state index in [9.17, 15) is 4.79 Å². The third-order valence-corrected chi connectivity index (χ3v) is 2.09. The third kappa shape index (κ3) is 1.29. The van der Waals surface area contributed by atoms with Crippen LogP contribution in [-0.2, 0) is 9.53 Å². The van der Waals surface area contributed by atoms with E-state index in [4.69, 9.17) is 4.74 Å². The van der Waals surface area contributed by atoms with Gasteiger partial charge in [-0.25, -0.2) is 0 Å². The summed E-state index contributed by atoms with van der Waals surface area (Å²) in [7, 11) is 0. The summed E-state index contributed by atoms with van der Waals surface area (Å²) in [5, 5.41) is 2.67. The van der Waals surface area contributed by atoms with Crippen molar-refractivity contribution >= 4 is 28.0 Å². The van der Waals surface area contributed by atoms with Crippen molar-refractivity contribution in [3.05, 3.63) is 29.9 Å². The van der Waals surface area contributed by atoms with E-state index in [2.05, 4.69) is 4.99 Å². The van der Waals surface area contributed by atoms with Crippen LogP contribution in [0.15, 0.2) is 34.8 Å². The Kier molecular flexibility index (Phi) is 1.75. The number of rotatable bonds is 1. The third-order valence-electron chi connectivity index (χ3n) is 1.33. The lowest BCUT2D eigenvalue weighted by Gasteiger charge is -1.91. The first-order valence-corrected chi connectivity index (χ1v) is 4.24. The first-order chi connectivity index (χ1) is 5.86. The second kappa shape index (κ2) is 2.91. The lowest BCUT2D eigenvalue weighted by molar-refractivity contribution is -0.109. The SMILES string of the molecule is O=C1C=COC1=Nc1cccs1. The molecule has 0 unspecified atom stereocenters. The molecule has 3 nitrogen and oxygen atoms in total. The van der Waals surface area contributed by atoms with Crippen molar-refractivity contribution in [3.8, 4) is 0 Å². The van der Waals surface area contributed by atoms with Crippen molar-refractivity contribution in [2.45, 2.75) is 0 Å². The molecule has 0 saturated heterocycles. The number of aliphatic imine (C=N–C) groups is 1. The van der Waals surface area contributed by atoms with Crippen molar-refractivity contribution in [1.82, 2.24) is 0 Å². The Labute approximate surface area is 73.0 Å². The summed E-state index contributed by atoms with van der Waals surface area (Å²) in [5.41, 5.74) is 0. The number of hydrogen-bond acceptors (Lipinski definition) is 4. The van der Waals surface area contributed by atoms with Crippen LogP contribution in [0.2, 0.25) is 0 Å². The lowest BCUT2D eigenvalue weighted by Crippen LogP contribution is -2.05. The summed E-state index contributed by atoms with van der Waals surface area (Å²) < 4.78 is 4.87. The predicted molar refractivity (Wildman–Crippen MR) is 46.6 cm³/mol. The zero-order valence-corrected chi connectivity index (χ0v) is 6.88. The summed E-state index contributed by atoms with van der Waals surface area (Å²) in [6.45, 7) is 0. The second-order valence-corrected chi connectivity index (χ2v) is 3.08. The first-order valence-electron chi connectivity index (χ1n) is 3.36. The normalized spacial score (nSPS) is 18.7. The molecule has 1 aromatic heterocycles. The molecule has 0 N–H and O–H groups in total. The topological polar surface area (TPSA) is 38.7 Å². The molecule has 0 saturated carbocycles. The van der Waals surface area contributed by atoms with Crippen molar-refractivity contribution in [2.24, 2.45) is 4.99 Å². The van der Waals surface area contributed by atoms with Gasteiger partial charge in [-0.15, -0.1) is 11.3 Å². The minimum Gasteiger partial charge on any atom is -0.444 e. The van der Waals surface area contributed by atoms with Gasteiger partial charge < -0.3 is 4.74 Å². The number of carbonyl (C=O) groups is 1. The van der Waals surface area contributed by atoms with Crippen LogP contribution in [0.4, 0.5) is 5.00 Å². The zero-order valence-electron chi connectivity index (χ0n) is 6.06. The second-order valence-electron chi connectivity index (χ2n) is 2.15. The minimum absolute atomic E-state index is 0.150. The molecular formula is C8H5NO2S. The Morgan fingerprint density at radius 2 is 2.42 bits per heavy atom. The Morgan fingerprint density at radius 3 is 3.00 bits per heavy atom. The molecule has 0 aromatic carbocycles. The van der Waals surface area contributed by atoms with Crippen LogP contribution in [0.5, 0.6) is 0 Å². The number of carbonyl (C=O) groups excluding carboxylic acids is 1. The molecule has 12 heavy (non-hydrogen) atoms. The summed E-state index contributed by atoms with van der Waals surface area (Å²) in [6, 6.07) is 3.70. The number of ketones is 1. The summed E-state index contributed by atoms with van der Waals surface area (Å²) in [6.07, 6.45) is 2.70. The molecule has 1 aromatic rings. The Balaban J connectivity index is 2.26. The molecule has 4 heteroatoms. The molecule has 0 aliphatic carbocycles. The fourth-order valence-corrected chi connectivity index (χ4v) is 1.39. The van der Waals surface area contributed by atoms with Gasteiger partial charge in [-0.2, -0.15) is 4.99 Å². The monoisotopic (exact) mass is 179 g/mol. The van der Waals surface area contributed by atoms with Gasteiger partial charge in [-0.05, 0) is 17.5 Å². The molecule has 2 heterocycles. The Bertz CT molecular complexity index is 351. The van der Waals surface area contributed by atoms with E-state index < -0.39 is 0 Å². The van der Waals surface area contributed by atoms with Gasteiger partial charge in [0, 0.05) is 6.08 Å². The first kappa shape index (κ1) is 7.24.